The molecule has 0 heterocycles. The summed E-state index contributed by atoms with van der Waals surface area (Å²) in [5.74, 6) is -15.6. The van der Waals surface area contributed by atoms with Gasteiger partial charge < -0.3 is 13.8 Å². The van der Waals surface area contributed by atoms with Gasteiger partial charge in [0.05, 0.1) is 18.8 Å². The predicted molar refractivity (Wildman–Crippen MR) is 163 cm³/mol. The molecule has 0 radical (unpaired) electrons. The molecule has 3 rings (SSSR count). The lowest BCUT2D eigenvalue weighted by molar-refractivity contribution is -0.111. The van der Waals surface area contributed by atoms with Crippen molar-refractivity contribution in [2.75, 3.05) is 24.7 Å². The molecule has 0 unspecified atom stereocenters. The molecule has 3 aromatic rings. The topological polar surface area (TPSA) is 96.0 Å². The lowest BCUT2D eigenvalue weighted by Gasteiger charge is -2.27. The quantitative estimate of drug-likeness (QED) is 0.0272. The van der Waals surface area contributed by atoms with Gasteiger partial charge in [-0.2, -0.15) is 17.6 Å². The van der Waals surface area contributed by atoms with E-state index >= 15 is 8.78 Å². The maximum Gasteiger partial charge on any atom is 0.404 e. The van der Waals surface area contributed by atoms with Crippen LogP contribution in [0, 0.1) is 29.1 Å². The van der Waals surface area contributed by atoms with Crippen LogP contribution in [0.2, 0.25) is 0 Å². The summed E-state index contributed by atoms with van der Waals surface area (Å²) in [7, 11) is -5.33. The molecule has 0 aliphatic rings. The van der Waals surface area contributed by atoms with E-state index in [1.165, 1.54) is 12.1 Å². The van der Waals surface area contributed by atoms with Crippen LogP contribution in [0.25, 0.3) is 10.8 Å². The highest BCUT2D eigenvalue weighted by Crippen LogP contribution is 2.67. The summed E-state index contributed by atoms with van der Waals surface area (Å²) in [4.78, 5) is 36.2. The third-order valence-corrected chi connectivity index (χ3v) is 10.0. The van der Waals surface area contributed by atoms with Gasteiger partial charge in [0, 0.05) is 29.9 Å². The first-order valence-corrected chi connectivity index (χ1v) is 17.5. The van der Waals surface area contributed by atoms with Crippen LogP contribution in [0.5, 0.6) is 5.75 Å². The molecule has 7 nitrogen and oxygen atoms in total. The Balaban J connectivity index is 1.90. The van der Waals surface area contributed by atoms with Crippen molar-refractivity contribution in [3.05, 3.63) is 76.6 Å². The van der Waals surface area contributed by atoms with Crippen LogP contribution < -0.4 is 4.74 Å². The summed E-state index contributed by atoms with van der Waals surface area (Å²) in [6.07, 6.45) is 1.62. The first kappa shape index (κ1) is 38.5. The van der Waals surface area contributed by atoms with Crippen LogP contribution in [0.15, 0.2) is 36.4 Å². The zero-order valence-corrected chi connectivity index (χ0v) is 27.4. The third kappa shape index (κ3) is 9.38. The fraction of sp³-hybridized carbons (Fsp3) is 0.367. The molecule has 0 amide bonds. The first-order valence-electron chi connectivity index (χ1n) is 14.0. The minimum Gasteiger partial charge on any atom is -0.416 e. The van der Waals surface area contributed by atoms with Crippen LogP contribution in [-0.4, -0.2) is 40.9 Å². The number of carbonyl (C=O) groups excluding carboxylic acids is 3. The number of fused-ring (bicyclic) bond motifs is 1. The fourth-order valence-corrected chi connectivity index (χ4v) is 7.17. The second-order valence-electron chi connectivity index (χ2n) is 9.71. The van der Waals surface area contributed by atoms with Gasteiger partial charge in [-0.3, -0.25) is 14.2 Å². The molecule has 3 aromatic carbocycles. The summed E-state index contributed by atoms with van der Waals surface area (Å²) in [6.45, 7) is 2.47. The van der Waals surface area contributed by atoms with Crippen molar-refractivity contribution in [3.63, 3.8) is 0 Å². The Labute approximate surface area is 273 Å². The number of alkyl halides is 2. The Kier molecular flexibility index (Phi) is 13.9. The zero-order valence-electron chi connectivity index (χ0n) is 24.9. The van der Waals surface area contributed by atoms with Crippen LogP contribution in [0.4, 0.5) is 30.7 Å². The summed E-state index contributed by atoms with van der Waals surface area (Å²) in [6, 6.07) is 6.17. The van der Waals surface area contributed by atoms with Crippen molar-refractivity contribution in [1.82, 2.24) is 0 Å². The Bertz CT molecular complexity index is 1630. The molecule has 47 heavy (non-hydrogen) atoms. The van der Waals surface area contributed by atoms with Gasteiger partial charge in [-0.15, -0.1) is 0 Å². The average Bonchev–Trinajstić information content (AvgIpc) is 3.04. The first-order chi connectivity index (χ1) is 22.2. The SMILES string of the molecule is CCCC(=O)SCCOP(=O)(OCCSC(=O)CCC)C(F)(F)c1ccc2ccc(C(=O)Oc3c(F)c(F)c(F)c(F)c3F)cc2c1. The second-order valence-corrected chi connectivity index (χ2v) is 14.1. The van der Waals surface area contributed by atoms with E-state index in [4.69, 9.17) is 9.05 Å². The number of carbonyl (C=O) groups is 3. The molecule has 0 saturated heterocycles. The lowest BCUT2D eigenvalue weighted by atomic mass is 10.0. The maximum atomic E-state index is 16.0. The van der Waals surface area contributed by atoms with E-state index in [0.29, 0.717) is 12.8 Å². The van der Waals surface area contributed by atoms with Crippen molar-refractivity contribution in [2.24, 2.45) is 0 Å². The molecule has 0 bridgehead atoms. The Hall–Kier alpha value is -2.91. The minimum atomic E-state index is -5.33. The highest BCUT2D eigenvalue weighted by Gasteiger charge is 2.55. The molecular formula is C30H28F7O7PS2. The van der Waals surface area contributed by atoms with E-state index in [0.717, 1.165) is 47.8 Å². The van der Waals surface area contributed by atoms with E-state index in [1.807, 2.05) is 0 Å². The van der Waals surface area contributed by atoms with E-state index in [9.17, 15) is 40.9 Å². The maximum absolute atomic E-state index is 16.0. The van der Waals surface area contributed by atoms with Gasteiger partial charge in [-0.25, -0.2) is 18.0 Å². The molecule has 0 saturated carbocycles. The van der Waals surface area contributed by atoms with Gasteiger partial charge in [-0.1, -0.05) is 55.6 Å². The predicted octanol–water partition coefficient (Wildman–Crippen LogP) is 9.15. The van der Waals surface area contributed by atoms with Gasteiger partial charge >= 0.3 is 19.2 Å². The zero-order chi connectivity index (χ0) is 34.9. The van der Waals surface area contributed by atoms with Crippen molar-refractivity contribution < 1.29 is 63.5 Å². The molecule has 0 spiro atoms. The Morgan fingerprint density at radius 3 is 1.72 bits per heavy atom. The van der Waals surface area contributed by atoms with Gasteiger partial charge in [0.1, 0.15) is 0 Å². The van der Waals surface area contributed by atoms with Crippen molar-refractivity contribution >= 4 is 58.1 Å². The highest BCUT2D eigenvalue weighted by atomic mass is 32.2. The summed E-state index contributed by atoms with van der Waals surface area (Å²) in [5, 5.41) is -0.269. The molecule has 0 aliphatic carbocycles. The number of hydrogen-bond acceptors (Lipinski definition) is 9. The van der Waals surface area contributed by atoms with Crippen LogP contribution in [0.1, 0.15) is 55.5 Å². The summed E-state index contributed by atoms with van der Waals surface area (Å²) >= 11 is 1.62. The van der Waals surface area contributed by atoms with E-state index < -0.39 is 78.4 Å². The van der Waals surface area contributed by atoms with Gasteiger partial charge in [-0.05, 0) is 41.8 Å². The van der Waals surface area contributed by atoms with E-state index in [-0.39, 0.29) is 45.4 Å². The monoisotopic (exact) mass is 728 g/mol. The Morgan fingerprint density at radius 1 is 0.723 bits per heavy atom. The standard InChI is InChI=1S/C30H28F7O7PS2/c1-3-5-21(38)46-13-11-42-45(41,43-12-14-47-22(39)6-4-2)30(36,37)20-10-9-17-7-8-18(15-19(17)16-20)29(40)44-28-26(34)24(32)23(31)25(33)27(28)35/h7-10,15-16H,3-6,11-14H2,1-2H3. The van der Waals surface area contributed by atoms with E-state index in [1.54, 1.807) is 13.8 Å². The summed E-state index contributed by atoms with van der Waals surface area (Å²) < 4.78 is 129. The smallest absolute Gasteiger partial charge is 0.404 e. The van der Waals surface area contributed by atoms with Crippen LogP contribution >= 0.6 is 31.1 Å². The van der Waals surface area contributed by atoms with Crippen LogP contribution in [0.3, 0.4) is 0 Å². The summed E-state index contributed by atoms with van der Waals surface area (Å²) in [5.41, 5.74) is -5.70. The van der Waals surface area contributed by atoms with Crippen molar-refractivity contribution in [2.45, 2.75) is 45.2 Å². The average molecular weight is 729 g/mol. The Morgan fingerprint density at radius 2 is 1.21 bits per heavy atom. The molecule has 0 atom stereocenters. The number of thioether (sulfide) groups is 2. The molecular weight excluding hydrogens is 700 g/mol. The third-order valence-electron chi connectivity index (χ3n) is 6.26. The molecule has 0 aliphatic heterocycles. The molecule has 17 heteroatoms. The molecule has 0 aromatic heterocycles. The number of ether oxygens (including phenoxy) is 1. The minimum absolute atomic E-state index is 0.0954. The van der Waals surface area contributed by atoms with Gasteiger partial charge in [0.25, 0.3) is 0 Å². The number of esters is 1. The highest BCUT2D eigenvalue weighted by molar-refractivity contribution is 8.13. The van der Waals surface area contributed by atoms with Gasteiger partial charge in [0.2, 0.25) is 34.8 Å². The number of benzene rings is 3. The second kappa shape index (κ2) is 17.0. The van der Waals surface area contributed by atoms with Crippen molar-refractivity contribution in [1.29, 1.82) is 0 Å². The van der Waals surface area contributed by atoms with Crippen molar-refractivity contribution in [3.8, 4) is 5.75 Å². The lowest BCUT2D eigenvalue weighted by Crippen LogP contribution is -2.20. The normalized spacial score (nSPS) is 12.0. The molecule has 256 valence electrons. The van der Waals surface area contributed by atoms with E-state index in [2.05, 4.69) is 4.74 Å². The molecule has 0 fully saturated rings. The van der Waals surface area contributed by atoms with Crippen LogP contribution in [-0.2, 0) is 28.9 Å². The largest absolute Gasteiger partial charge is 0.416 e. The van der Waals surface area contributed by atoms with Gasteiger partial charge in [0.15, 0.2) is 10.2 Å². The molecule has 0 N–H and O–H groups in total. The fourth-order valence-electron chi connectivity index (χ4n) is 3.92. The number of halogens is 7. The number of hydrogen-bond donors (Lipinski definition) is 0. The number of rotatable bonds is 16.